The van der Waals surface area contributed by atoms with Crippen LogP contribution in [0.15, 0.2) is 37.6 Å². The molecular weight excluding hydrogens is 256 g/mol. The van der Waals surface area contributed by atoms with Gasteiger partial charge in [0.05, 0.1) is 12.7 Å². The Kier molecular flexibility index (Phi) is 3.67. The van der Waals surface area contributed by atoms with Crippen molar-refractivity contribution < 1.29 is 4.43 Å². The lowest BCUT2D eigenvalue weighted by atomic mass is 10.1. The van der Waals surface area contributed by atoms with E-state index in [4.69, 9.17) is 4.43 Å². The zero-order valence-corrected chi connectivity index (χ0v) is 15.0. The van der Waals surface area contributed by atoms with Crippen molar-refractivity contribution in [2.75, 3.05) is 0 Å². The standard InChI is InChI=1S/C13H26OSi3/c1-9-13(10-2)12-15(4,5)16(6,7)17(8,11-3)14-13/h9-11H,1-3,12H2,4-8H3. The lowest BCUT2D eigenvalue weighted by molar-refractivity contribution is 0.188. The molecule has 4 heteroatoms. The first-order valence-corrected chi connectivity index (χ1v) is 16.9. The van der Waals surface area contributed by atoms with Crippen LogP contribution in [-0.2, 0) is 4.43 Å². The molecule has 17 heavy (non-hydrogen) atoms. The fourth-order valence-electron chi connectivity index (χ4n) is 2.75. The van der Waals surface area contributed by atoms with Crippen molar-refractivity contribution in [3.05, 3.63) is 37.6 Å². The van der Waals surface area contributed by atoms with E-state index in [1.54, 1.807) is 0 Å². The summed E-state index contributed by atoms with van der Waals surface area (Å²) < 4.78 is 6.54. The molecule has 1 unspecified atom stereocenters. The molecule has 1 nitrogen and oxygen atoms in total. The number of rotatable bonds is 3. The second kappa shape index (κ2) is 4.19. The van der Waals surface area contributed by atoms with Gasteiger partial charge in [-0.1, -0.05) is 57.2 Å². The summed E-state index contributed by atoms with van der Waals surface area (Å²) in [6.07, 6.45) is 3.90. The maximum absolute atomic E-state index is 6.54. The zero-order valence-electron chi connectivity index (χ0n) is 12.0. The average molecular weight is 283 g/mol. The molecule has 1 atom stereocenters. The van der Waals surface area contributed by atoms with Gasteiger partial charge in [0.1, 0.15) is 0 Å². The molecule has 1 heterocycles. The van der Waals surface area contributed by atoms with E-state index >= 15 is 0 Å². The first kappa shape index (κ1) is 14.9. The number of hydrogen-bond donors (Lipinski definition) is 0. The minimum atomic E-state index is -1.83. The van der Waals surface area contributed by atoms with E-state index in [1.165, 1.54) is 0 Å². The van der Waals surface area contributed by atoms with Crippen LogP contribution in [0, 0.1) is 0 Å². The molecule has 0 amide bonds. The highest BCUT2D eigenvalue weighted by Gasteiger charge is 2.62. The predicted octanol–water partition coefficient (Wildman–Crippen LogP) is 4.00. The van der Waals surface area contributed by atoms with Crippen molar-refractivity contribution in [1.29, 1.82) is 0 Å². The Morgan fingerprint density at radius 1 is 1.00 bits per heavy atom. The average Bonchev–Trinajstić information content (AvgIpc) is 2.25. The van der Waals surface area contributed by atoms with Crippen LogP contribution >= 0.6 is 0 Å². The van der Waals surface area contributed by atoms with Gasteiger partial charge in [-0.3, -0.25) is 0 Å². The molecule has 0 saturated carbocycles. The molecule has 1 saturated heterocycles. The van der Waals surface area contributed by atoms with Crippen LogP contribution in [-0.4, -0.2) is 28.1 Å². The van der Waals surface area contributed by atoms with E-state index in [9.17, 15) is 0 Å². The highest BCUT2D eigenvalue weighted by Crippen LogP contribution is 2.45. The Bertz CT molecular complexity index is 352. The Balaban J connectivity index is 3.37. The summed E-state index contributed by atoms with van der Waals surface area (Å²) in [5.74, 6) is 0. The van der Waals surface area contributed by atoms with E-state index < -0.39 is 22.5 Å². The molecule has 0 aromatic heterocycles. The molecular formula is C13H26OSi3. The molecule has 1 fully saturated rings. The van der Waals surface area contributed by atoms with Crippen LogP contribution in [0.5, 0.6) is 0 Å². The van der Waals surface area contributed by atoms with Crippen LogP contribution < -0.4 is 0 Å². The van der Waals surface area contributed by atoms with Crippen molar-refractivity contribution in [1.82, 2.24) is 0 Å². The van der Waals surface area contributed by atoms with Crippen molar-refractivity contribution in [3.63, 3.8) is 0 Å². The molecule has 1 aliphatic rings. The lowest BCUT2D eigenvalue weighted by Gasteiger charge is -2.58. The molecule has 0 aromatic rings. The van der Waals surface area contributed by atoms with Crippen molar-refractivity contribution in [3.8, 4) is 0 Å². The Hall–Kier alpha value is -0.169. The van der Waals surface area contributed by atoms with Gasteiger partial charge >= 0.3 is 0 Å². The van der Waals surface area contributed by atoms with Gasteiger partial charge in [-0.15, -0.1) is 6.58 Å². The van der Waals surface area contributed by atoms with Crippen molar-refractivity contribution in [2.24, 2.45) is 0 Å². The van der Waals surface area contributed by atoms with Crippen LogP contribution in [0.1, 0.15) is 0 Å². The minimum Gasteiger partial charge on any atom is -0.404 e. The predicted molar refractivity (Wildman–Crippen MR) is 85.8 cm³/mol. The van der Waals surface area contributed by atoms with Gasteiger partial charge in [0.25, 0.3) is 0 Å². The van der Waals surface area contributed by atoms with Gasteiger partial charge in [-0.25, -0.2) is 0 Å². The molecule has 0 aromatic carbocycles. The maximum Gasteiger partial charge on any atom is 0.198 e. The fourth-order valence-corrected chi connectivity index (χ4v) is 31.6. The largest absolute Gasteiger partial charge is 0.404 e. The molecule has 0 bridgehead atoms. The van der Waals surface area contributed by atoms with Gasteiger partial charge < -0.3 is 4.43 Å². The zero-order chi connectivity index (χ0) is 13.5. The molecule has 1 aliphatic heterocycles. The summed E-state index contributed by atoms with van der Waals surface area (Å²) in [5, 5.41) is 0. The fraction of sp³-hybridized carbons (Fsp3) is 0.538. The molecule has 0 aliphatic carbocycles. The van der Waals surface area contributed by atoms with E-state index in [0.717, 1.165) is 6.04 Å². The Labute approximate surface area is 109 Å². The van der Waals surface area contributed by atoms with Crippen LogP contribution in [0.25, 0.3) is 0 Å². The third-order valence-electron chi connectivity index (χ3n) is 5.13. The molecule has 1 rings (SSSR count). The maximum atomic E-state index is 6.54. The first-order chi connectivity index (χ1) is 7.60. The minimum absolute atomic E-state index is 0.298. The van der Waals surface area contributed by atoms with Crippen molar-refractivity contribution >= 4 is 22.5 Å². The Morgan fingerprint density at radius 2 is 1.47 bits per heavy atom. The third kappa shape index (κ3) is 2.01. The summed E-state index contributed by atoms with van der Waals surface area (Å²) >= 11 is 0. The first-order valence-electron chi connectivity index (χ1n) is 6.21. The third-order valence-corrected chi connectivity index (χ3v) is 43.6. The summed E-state index contributed by atoms with van der Waals surface area (Å²) in [4.78, 5) is 0. The van der Waals surface area contributed by atoms with Crippen LogP contribution in [0.4, 0.5) is 0 Å². The SMILES string of the molecule is C=CC1(C=C)C[Si](C)(C)[Si](C)(C)[Si](C)(C=C)O1. The van der Waals surface area contributed by atoms with Gasteiger partial charge in [-0.05, 0) is 12.6 Å². The summed E-state index contributed by atoms with van der Waals surface area (Å²) in [6.45, 7) is 24.4. The number of hydrogen-bond acceptors (Lipinski definition) is 1. The smallest absolute Gasteiger partial charge is 0.198 e. The molecule has 0 N–H and O–H groups in total. The lowest BCUT2D eigenvalue weighted by Crippen LogP contribution is -2.78. The van der Waals surface area contributed by atoms with Gasteiger partial charge in [0.15, 0.2) is 7.83 Å². The van der Waals surface area contributed by atoms with Gasteiger partial charge in [-0.2, -0.15) is 0 Å². The highest BCUT2D eigenvalue weighted by atomic mass is 29.6. The van der Waals surface area contributed by atoms with E-state index in [0.29, 0.717) is 0 Å². The monoisotopic (exact) mass is 282 g/mol. The summed E-state index contributed by atoms with van der Waals surface area (Å²) in [5.41, 5.74) is 1.85. The normalized spacial score (nSPS) is 33.7. The second-order valence-electron chi connectivity index (χ2n) is 6.46. The van der Waals surface area contributed by atoms with E-state index in [-0.39, 0.29) is 5.60 Å². The highest BCUT2D eigenvalue weighted by molar-refractivity contribution is 7.68. The van der Waals surface area contributed by atoms with Crippen LogP contribution in [0.3, 0.4) is 0 Å². The van der Waals surface area contributed by atoms with Gasteiger partial charge in [0, 0.05) is 7.59 Å². The second-order valence-corrected chi connectivity index (χ2v) is 32.7. The van der Waals surface area contributed by atoms with Crippen LogP contribution in [0.2, 0.25) is 38.8 Å². The van der Waals surface area contributed by atoms with E-state index in [2.05, 4.69) is 58.2 Å². The topological polar surface area (TPSA) is 9.23 Å². The Morgan fingerprint density at radius 3 is 1.82 bits per heavy atom. The molecule has 0 radical (unpaired) electrons. The van der Waals surface area contributed by atoms with E-state index in [1.807, 2.05) is 12.2 Å². The van der Waals surface area contributed by atoms with Gasteiger partial charge in [0.2, 0.25) is 0 Å². The summed E-state index contributed by atoms with van der Waals surface area (Å²) in [6, 6.07) is 1.13. The molecule has 0 spiro atoms. The summed E-state index contributed by atoms with van der Waals surface area (Å²) in [7, 11) is -4.47. The quantitative estimate of drug-likeness (QED) is 0.561. The van der Waals surface area contributed by atoms with Crippen molar-refractivity contribution in [2.45, 2.75) is 44.4 Å². The molecule has 96 valence electrons.